The van der Waals surface area contributed by atoms with E-state index in [4.69, 9.17) is 5.73 Å². The number of aliphatic hydroxyl groups is 2. The molecule has 1 aromatic rings. The lowest BCUT2D eigenvalue weighted by Crippen LogP contribution is -2.64. The molecule has 0 aromatic heterocycles. The first-order valence-corrected chi connectivity index (χ1v) is 8.74. The Morgan fingerprint density at radius 3 is 2.29 bits per heavy atom. The Morgan fingerprint density at radius 2 is 1.75 bits per heavy atom. The average molecular weight is 415 g/mol. The molecule has 1 heterocycles. The number of aliphatic hydroxyl groups excluding tert-OH is 1. The zero-order valence-electron chi connectivity index (χ0n) is 15.7. The molecule has 1 fully saturated rings. The van der Waals surface area contributed by atoms with Crippen molar-refractivity contribution in [1.82, 2.24) is 15.1 Å². The van der Waals surface area contributed by atoms with Crippen molar-refractivity contribution in [2.24, 2.45) is 5.73 Å². The molecule has 28 heavy (non-hydrogen) atoms. The lowest BCUT2D eigenvalue weighted by Gasteiger charge is -2.38. The van der Waals surface area contributed by atoms with Crippen molar-refractivity contribution in [3.05, 3.63) is 35.9 Å². The molecule has 0 aliphatic carbocycles. The van der Waals surface area contributed by atoms with Crippen LogP contribution < -0.4 is 11.1 Å². The number of primary amides is 1. The normalized spacial score (nSPS) is 17.8. The summed E-state index contributed by atoms with van der Waals surface area (Å²) >= 11 is 0. The molecule has 1 aliphatic heterocycles. The number of carbonyl (C=O) groups is 3. The highest BCUT2D eigenvalue weighted by atomic mass is 35.5. The molecule has 156 valence electrons. The smallest absolute Gasteiger partial charge is 0.275 e. The number of piperazine rings is 1. The quantitative estimate of drug-likeness (QED) is 0.399. The number of benzene rings is 1. The fourth-order valence-electron chi connectivity index (χ4n) is 2.90. The number of amides is 3. The van der Waals surface area contributed by atoms with Gasteiger partial charge < -0.3 is 31.1 Å². The molecule has 3 amide bonds. The molecule has 1 unspecified atom stereocenters. The van der Waals surface area contributed by atoms with Crippen molar-refractivity contribution in [1.29, 1.82) is 0 Å². The number of carbonyl (C=O) groups excluding carboxylic acids is 3. The fourth-order valence-corrected chi connectivity index (χ4v) is 2.90. The molecular weight excluding hydrogens is 388 g/mol. The first-order chi connectivity index (χ1) is 12.7. The van der Waals surface area contributed by atoms with Gasteiger partial charge in [0.15, 0.2) is 0 Å². The summed E-state index contributed by atoms with van der Waals surface area (Å²) in [7, 11) is 1.91. The first kappa shape index (κ1) is 23.8. The number of rotatable bonds is 7. The molecule has 5 N–H and O–H groups in total. The molecule has 9 nitrogen and oxygen atoms in total. The topological polar surface area (TPSA) is 136 Å². The largest absolute Gasteiger partial charge is 0.383 e. The van der Waals surface area contributed by atoms with Crippen LogP contribution in [0, 0.1) is 0 Å². The van der Waals surface area contributed by atoms with Crippen molar-refractivity contribution in [3.8, 4) is 0 Å². The van der Waals surface area contributed by atoms with Gasteiger partial charge in [0.25, 0.3) is 5.91 Å². The molecule has 0 bridgehead atoms. The van der Waals surface area contributed by atoms with Crippen LogP contribution >= 0.6 is 12.4 Å². The highest BCUT2D eigenvalue weighted by Gasteiger charge is 2.44. The van der Waals surface area contributed by atoms with E-state index in [1.54, 1.807) is 30.3 Å². The van der Waals surface area contributed by atoms with Crippen LogP contribution in [0.25, 0.3) is 0 Å². The van der Waals surface area contributed by atoms with Gasteiger partial charge in [-0.1, -0.05) is 30.3 Å². The first-order valence-electron chi connectivity index (χ1n) is 8.74. The summed E-state index contributed by atoms with van der Waals surface area (Å²) in [5, 5.41) is 22.9. The van der Waals surface area contributed by atoms with E-state index in [0.717, 1.165) is 0 Å². The SMILES string of the molecule is CN1CCN(C(=O)[C@](O)(CC(O)C(N)=O)NC(=O)Cc2ccccc2)CC1.Cl. The predicted octanol–water partition coefficient (Wildman–Crippen LogP) is -1.53. The molecule has 2 rings (SSSR count). The van der Waals surface area contributed by atoms with Gasteiger partial charge in [0.1, 0.15) is 6.10 Å². The number of hydrogen-bond donors (Lipinski definition) is 4. The van der Waals surface area contributed by atoms with Crippen molar-refractivity contribution < 1.29 is 24.6 Å². The van der Waals surface area contributed by atoms with Gasteiger partial charge in [-0.15, -0.1) is 12.4 Å². The number of nitrogens with one attached hydrogen (secondary N) is 1. The monoisotopic (exact) mass is 414 g/mol. The molecule has 1 aromatic carbocycles. The minimum atomic E-state index is -2.42. The predicted molar refractivity (Wildman–Crippen MR) is 104 cm³/mol. The van der Waals surface area contributed by atoms with Gasteiger partial charge in [0, 0.05) is 32.6 Å². The van der Waals surface area contributed by atoms with Gasteiger partial charge >= 0.3 is 0 Å². The van der Waals surface area contributed by atoms with Crippen molar-refractivity contribution >= 4 is 30.1 Å². The van der Waals surface area contributed by atoms with E-state index in [-0.39, 0.29) is 18.8 Å². The van der Waals surface area contributed by atoms with Crippen LogP contribution in [-0.2, 0) is 20.8 Å². The van der Waals surface area contributed by atoms with Crippen LogP contribution in [0.3, 0.4) is 0 Å². The van der Waals surface area contributed by atoms with Gasteiger partial charge in [0.05, 0.1) is 6.42 Å². The van der Waals surface area contributed by atoms with Gasteiger partial charge in [-0.2, -0.15) is 0 Å². The Hall–Kier alpha value is -2.20. The summed E-state index contributed by atoms with van der Waals surface area (Å²) < 4.78 is 0. The van der Waals surface area contributed by atoms with Crippen LogP contribution in [0.5, 0.6) is 0 Å². The Kier molecular flexibility index (Phi) is 8.83. The van der Waals surface area contributed by atoms with E-state index in [2.05, 4.69) is 5.32 Å². The van der Waals surface area contributed by atoms with Crippen molar-refractivity contribution in [2.45, 2.75) is 24.7 Å². The van der Waals surface area contributed by atoms with Gasteiger partial charge in [-0.3, -0.25) is 14.4 Å². The third kappa shape index (κ3) is 6.45. The number of halogens is 1. The summed E-state index contributed by atoms with van der Waals surface area (Å²) in [6.07, 6.45) is -2.55. The molecule has 10 heteroatoms. The van der Waals surface area contributed by atoms with Gasteiger partial charge in [-0.05, 0) is 12.6 Å². The van der Waals surface area contributed by atoms with Gasteiger partial charge in [-0.25, -0.2) is 0 Å². The van der Waals surface area contributed by atoms with Crippen molar-refractivity contribution in [2.75, 3.05) is 33.2 Å². The zero-order chi connectivity index (χ0) is 20.0. The number of nitrogens with two attached hydrogens (primary N) is 1. The number of hydrogen-bond acceptors (Lipinski definition) is 6. The Morgan fingerprint density at radius 1 is 1.18 bits per heavy atom. The maximum absolute atomic E-state index is 12.9. The van der Waals surface area contributed by atoms with Crippen LogP contribution in [0.4, 0.5) is 0 Å². The molecular formula is C18H27ClN4O5. The summed E-state index contributed by atoms with van der Waals surface area (Å²) in [6.45, 7) is 1.94. The Bertz CT molecular complexity index is 682. The molecule has 1 saturated heterocycles. The van der Waals surface area contributed by atoms with E-state index in [1.807, 2.05) is 11.9 Å². The maximum atomic E-state index is 12.9. The van der Waals surface area contributed by atoms with Crippen LogP contribution in [0.1, 0.15) is 12.0 Å². The van der Waals surface area contributed by atoms with Gasteiger partial charge in [0.2, 0.25) is 17.5 Å². The maximum Gasteiger partial charge on any atom is 0.275 e. The average Bonchev–Trinajstić information content (AvgIpc) is 2.62. The molecule has 1 aliphatic rings. The van der Waals surface area contributed by atoms with Crippen LogP contribution in [0.2, 0.25) is 0 Å². The summed E-state index contributed by atoms with van der Waals surface area (Å²) in [6, 6.07) is 8.80. The van der Waals surface area contributed by atoms with E-state index in [9.17, 15) is 24.6 Å². The number of nitrogens with zero attached hydrogens (tertiary/aromatic N) is 2. The fraction of sp³-hybridized carbons (Fsp3) is 0.500. The minimum absolute atomic E-state index is 0. The Labute approximate surface area is 169 Å². The minimum Gasteiger partial charge on any atom is -0.383 e. The van der Waals surface area contributed by atoms with Crippen molar-refractivity contribution in [3.63, 3.8) is 0 Å². The second-order valence-electron chi connectivity index (χ2n) is 6.79. The molecule has 0 saturated carbocycles. The summed E-state index contributed by atoms with van der Waals surface area (Å²) in [4.78, 5) is 39.9. The van der Waals surface area contributed by atoms with E-state index < -0.39 is 36.0 Å². The summed E-state index contributed by atoms with van der Waals surface area (Å²) in [5.41, 5.74) is 3.32. The lowest BCUT2D eigenvalue weighted by atomic mass is 10.0. The van der Waals surface area contributed by atoms with Crippen LogP contribution in [0.15, 0.2) is 30.3 Å². The molecule has 2 atom stereocenters. The van der Waals surface area contributed by atoms with Crippen LogP contribution in [-0.4, -0.2) is 82.8 Å². The van der Waals surface area contributed by atoms with E-state index >= 15 is 0 Å². The third-order valence-corrected chi connectivity index (χ3v) is 4.52. The highest BCUT2D eigenvalue weighted by molar-refractivity contribution is 5.91. The standard InChI is InChI=1S/C18H26N4O5.ClH/c1-21-7-9-22(10-8-21)17(26)18(27,12-14(23)16(19)25)20-15(24)11-13-5-3-2-4-6-13;/h2-6,14,23,27H,7-12H2,1H3,(H2,19,25)(H,20,24);1H/t14?,18-;/m1./s1. The molecule has 0 spiro atoms. The van der Waals surface area contributed by atoms with E-state index in [0.29, 0.717) is 31.7 Å². The Balaban J connectivity index is 0.00000392. The molecule has 0 radical (unpaired) electrons. The lowest BCUT2D eigenvalue weighted by molar-refractivity contribution is -0.165. The second-order valence-corrected chi connectivity index (χ2v) is 6.79. The zero-order valence-corrected chi connectivity index (χ0v) is 16.5. The summed E-state index contributed by atoms with van der Waals surface area (Å²) in [5.74, 6) is -2.46. The van der Waals surface area contributed by atoms with E-state index in [1.165, 1.54) is 4.90 Å². The highest BCUT2D eigenvalue weighted by Crippen LogP contribution is 2.16. The third-order valence-electron chi connectivity index (χ3n) is 4.52. The number of likely N-dealkylation sites (N-methyl/N-ethyl adjacent to an activating group) is 1. The second kappa shape index (κ2) is 10.4.